The summed E-state index contributed by atoms with van der Waals surface area (Å²) in [5.41, 5.74) is 0. The fourth-order valence-electron chi connectivity index (χ4n) is 0.441. The number of tetrazole rings is 1. The van der Waals surface area contributed by atoms with Crippen LogP contribution in [0.25, 0.3) is 0 Å². The second-order valence-corrected chi connectivity index (χ2v) is 1.38. The first-order valence-electron chi connectivity index (χ1n) is 2.24. The van der Waals surface area contributed by atoms with E-state index >= 15 is 0 Å². The van der Waals surface area contributed by atoms with Crippen LogP contribution in [-0.2, 0) is 7.05 Å². The van der Waals surface area contributed by atoms with Gasteiger partial charge in [-0.15, -0.1) is 0 Å². The molecule has 0 atom stereocenters. The predicted molar refractivity (Wildman–Crippen MR) is 28.3 cm³/mol. The molecule has 0 aliphatic rings. The van der Waals surface area contributed by atoms with Crippen LogP contribution in [0.3, 0.4) is 0 Å². The molecule has 0 spiro atoms. The van der Waals surface area contributed by atoms with Crippen molar-refractivity contribution in [3.05, 3.63) is 0 Å². The van der Waals surface area contributed by atoms with E-state index in [1.165, 1.54) is 0 Å². The second kappa shape index (κ2) is 1.77. The fraction of sp³-hybridized carbons (Fsp3) is 0.667. The van der Waals surface area contributed by atoms with Gasteiger partial charge in [-0.05, 0) is 10.4 Å². The van der Waals surface area contributed by atoms with E-state index in [-0.39, 0.29) is 0 Å². The minimum Gasteiger partial charge on any atom is -0.356 e. The molecule has 8 heavy (non-hydrogen) atoms. The Bertz CT molecular complexity index is 168. The van der Waals surface area contributed by atoms with E-state index in [1.54, 1.807) is 18.8 Å². The van der Waals surface area contributed by atoms with Crippen LogP contribution in [0, 0.1) is 0 Å². The van der Waals surface area contributed by atoms with Crippen molar-refractivity contribution in [1.82, 2.24) is 20.2 Å². The Balaban J connectivity index is 2.92. The second-order valence-electron chi connectivity index (χ2n) is 1.38. The lowest BCUT2D eigenvalue weighted by molar-refractivity contribution is 0.714. The molecule has 0 saturated carbocycles. The third-order valence-corrected chi connectivity index (χ3v) is 0.844. The first kappa shape index (κ1) is 5.02. The van der Waals surface area contributed by atoms with Gasteiger partial charge in [-0.1, -0.05) is 5.10 Å². The summed E-state index contributed by atoms with van der Waals surface area (Å²) in [7, 11) is 3.54. The average molecular weight is 113 g/mol. The Morgan fingerprint density at radius 1 is 1.62 bits per heavy atom. The van der Waals surface area contributed by atoms with Crippen molar-refractivity contribution in [3.8, 4) is 0 Å². The molecular weight excluding hydrogens is 106 g/mol. The van der Waals surface area contributed by atoms with Gasteiger partial charge in [0.05, 0.1) is 0 Å². The molecule has 0 radical (unpaired) electrons. The van der Waals surface area contributed by atoms with E-state index in [0.717, 1.165) is 0 Å². The highest BCUT2D eigenvalue weighted by Crippen LogP contribution is 1.90. The van der Waals surface area contributed by atoms with Crippen LogP contribution >= 0.6 is 0 Å². The molecule has 1 N–H and O–H groups in total. The van der Waals surface area contributed by atoms with Gasteiger partial charge in [0.2, 0.25) is 5.95 Å². The quantitative estimate of drug-likeness (QED) is 0.520. The molecule has 0 aliphatic heterocycles. The largest absolute Gasteiger partial charge is 0.356 e. The normalized spacial score (nSPS) is 9.25. The van der Waals surface area contributed by atoms with Gasteiger partial charge in [0.25, 0.3) is 0 Å². The van der Waals surface area contributed by atoms with Gasteiger partial charge < -0.3 is 5.32 Å². The molecule has 5 heteroatoms. The Hall–Kier alpha value is -1.13. The molecule has 1 heterocycles. The van der Waals surface area contributed by atoms with Crippen molar-refractivity contribution in [2.75, 3.05) is 12.4 Å². The van der Waals surface area contributed by atoms with Crippen LogP contribution in [0.15, 0.2) is 0 Å². The van der Waals surface area contributed by atoms with Gasteiger partial charge in [0.1, 0.15) is 0 Å². The van der Waals surface area contributed by atoms with Crippen LogP contribution in [-0.4, -0.2) is 27.3 Å². The standard InChI is InChI=1S/C3H7N5/c1-4-3-5-6-7-8(3)2/h1-2H3,(H,4,5,7). The summed E-state index contributed by atoms with van der Waals surface area (Å²) in [6, 6.07) is 0. The Kier molecular flexibility index (Phi) is 1.11. The highest BCUT2D eigenvalue weighted by atomic mass is 15.6. The number of rotatable bonds is 1. The minimum absolute atomic E-state index is 0.671. The molecular formula is C3H7N5. The maximum atomic E-state index is 3.62. The lowest BCUT2D eigenvalue weighted by Gasteiger charge is -1.91. The lowest BCUT2D eigenvalue weighted by atomic mass is 11.0. The highest BCUT2D eigenvalue weighted by Gasteiger charge is 1.93. The maximum Gasteiger partial charge on any atom is 0.242 e. The Morgan fingerprint density at radius 2 is 2.38 bits per heavy atom. The molecule has 44 valence electrons. The zero-order valence-electron chi connectivity index (χ0n) is 4.79. The van der Waals surface area contributed by atoms with Crippen LogP contribution in [0.4, 0.5) is 5.95 Å². The van der Waals surface area contributed by atoms with Gasteiger partial charge >= 0.3 is 0 Å². The molecule has 0 amide bonds. The predicted octanol–water partition coefficient (Wildman–Crippen LogP) is -0.748. The van der Waals surface area contributed by atoms with Crippen LogP contribution < -0.4 is 5.32 Å². The van der Waals surface area contributed by atoms with Crippen molar-refractivity contribution < 1.29 is 0 Å². The van der Waals surface area contributed by atoms with Crippen LogP contribution in [0.5, 0.6) is 0 Å². The Labute approximate surface area is 46.7 Å². The first-order chi connectivity index (χ1) is 3.84. The fourth-order valence-corrected chi connectivity index (χ4v) is 0.441. The van der Waals surface area contributed by atoms with E-state index in [9.17, 15) is 0 Å². The number of hydrogen-bond donors (Lipinski definition) is 1. The van der Waals surface area contributed by atoms with E-state index in [0.29, 0.717) is 5.95 Å². The van der Waals surface area contributed by atoms with Gasteiger partial charge in [-0.25, -0.2) is 4.68 Å². The number of nitrogens with one attached hydrogen (secondary N) is 1. The van der Waals surface area contributed by atoms with E-state index in [2.05, 4.69) is 20.8 Å². The summed E-state index contributed by atoms with van der Waals surface area (Å²) >= 11 is 0. The van der Waals surface area contributed by atoms with Crippen molar-refractivity contribution in [1.29, 1.82) is 0 Å². The van der Waals surface area contributed by atoms with Gasteiger partial charge in [0, 0.05) is 14.1 Å². The molecule has 1 aromatic rings. The topological polar surface area (TPSA) is 55.6 Å². The summed E-state index contributed by atoms with van der Waals surface area (Å²) < 4.78 is 1.56. The smallest absolute Gasteiger partial charge is 0.242 e. The Morgan fingerprint density at radius 3 is 2.62 bits per heavy atom. The summed E-state index contributed by atoms with van der Waals surface area (Å²) in [6.07, 6.45) is 0. The molecule has 0 saturated heterocycles. The molecule has 1 rings (SSSR count). The first-order valence-corrected chi connectivity index (χ1v) is 2.24. The SMILES string of the molecule is CNc1nnnn1C. The van der Waals surface area contributed by atoms with Gasteiger partial charge in [-0.2, -0.15) is 0 Å². The zero-order valence-corrected chi connectivity index (χ0v) is 4.79. The average Bonchev–Trinajstić information content (AvgIpc) is 2.14. The molecule has 0 unspecified atom stereocenters. The zero-order chi connectivity index (χ0) is 5.98. The minimum atomic E-state index is 0.671. The third-order valence-electron chi connectivity index (χ3n) is 0.844. The van der Waals surface area contributed by atoms with E-state index < -0.39 is 0 Å². The van der Waals surface area contributed by atoms with Crippen molar-refractivity contribution >= 4 is 5.95 Å². The number of aryl methyl sites for hydroxylation is 1. The van der Waals surface area contributed by atoms with Gasteiger partial charge in [0.15, 0.2) is 0 Å². The van der Waals surface area contributed by atoms with E-state index in [1.807, 2.05) is 0 Å². The summed E-state index contributed by atoms with van der Waals surface area (Å²) in [5.74, 6) is 0.671. The molecule has 5 nitrogen and oxygen atoms in total. The molecule has 1 aromatic heterocycles. The molecule has 0 fully saturated rings. The maximum absolute atomic E-state index is 3.62. The summed E-state index contributed by atoms with van der Waals surface area (Å²) in [5, 5.41) is 13.4. The van der Waals surface area contributed by atoms with E-state index in [4.69, 9.17) is 0 Å². The number of nitrogens with zero attached hydrogens (tertiary/aromatic N) is 4. The number of hydrogen-bond acceptors (Lipinski definition) is 4. The molecule has 0 aromatic carbocycles. The third kappa shape index (κ3) is 0.617. The summed E-state index contributed by atoms with van der Waals surface area (Å²) in [4.78, 5) is 0. The van der Waals surface area contributed by atoms with Crippen LogP contribution in [0.1, 0.15) is 0 Å². The summed E-state index contributed by atoms with van der Waals surface area (Å²) in [6.45, 7) is 0. The highest BCUT2D eigenvalue weighted by molar-refractivity contribution is 5.18. The van der Waals surface area contributed by atoms with Crippen molar-refractivity contribution in [3.63, 3.8) is 0 Å². The molecule has 0 aliphatic carbocycles. The number of anilines is 1. The lowest BCUT2D eigenvalue weighted by Crippen LogP contribution is -1.98. The van der Waals surface area contributed by atoms with Crippen LogP contribution in [0.2, 0.25) is 0 Å². The number of aromatic nitrogens is 4. The monoisotopic (exact) mass is 113 g/mol. The van der Waals surface area contributed by atoms with Gasteiger partial charge in [-0.3, -0.25) is 0 Å². The molecule has 0 bridgehead atoms. The van der Waals surface area contributed by atoms with Crippen molar-refractivity contribution in [2.45, 2.75) is 0 Å². The van der Waals surface area contributed by atoms with Crippen molar-refractivity contribution in [2.24, 2.45) is 7.05 Å².